The Hall–Kier alpha value is -1.50. The van der Waals surface area contributed by atoms with Gasteiger partial charge in [0.25, 0.3) is 5.91 Å². The van der Waals surface area contributed by atoms with E-state index in [2.05, 4.69) is 0 Å². The molecule has 0 saturated carbocycles. The van der Waals surface area contributed by atoms with Crippen molar-refractivity contribution in [2.45, 2.75) is 12.3 Å². The van der Waals surface area contributed by atoms with Crippen LogP contribution in [0, 0.1) is 0 Å². The maximum atomic E-state index is 11.9. The second-order valence-electron chi connectivity index (χ2n) is 3.27. The van der Waals surface area contributed by atoms with Crippen LogP contribution in [-0.2, 0) is 7.05 Å². The lowest BCUT2D eigenvalue weighted by atomic mass is 10.3. The third-order valence-corrected chi connectivity index (χ3v) is 2.01. The first-order valence-electron chi connectivity index (χ1n) is 4.46. The molecule has 1 rings (SSSR count). The minimum absolute atomic E-state index is 0.231. The van der Waals surface area contributed by atoms with Crippen LogP contribution in [0.1, 0.15) is 10.5 Å². The average molecular weight is 236 g/mol. The van der Waals surface area contributed by atoms with Gasteiger partial charge in [-0.2, -0.15) is 13.2 Å². The first kappa shape index (κ1) is 12.6. The van der Waals surface area contributed by atoms with Crippen LogP contribution in [0.2, 0.25) is 0 Å². The molecule has 0 spiro atoms. The van der Waals surface area contributed by atoms with Crippen LogP contribution in [0.15, 0.2) is 18.3 Å². The number of hydrogen-bond acceptors (Lipinski definition) is 2. The number of aryl methyl sites for hydroxylation is 1. The van der Waals surface area contributed by atoms with E-state index in [9.17, 15) is 18.0 Å². The lowest BCUT2D eigenvalue weighted by molar-refractivity contribution is -0.201. The second-order valence-corrected chi connectivity index (χ2v) is 3.27. The van der Waals surface area contributed by atoms with E-state index >= 15 is 0 Å². The van der Waals surface area contributed by atoms with Gasteiger partial charge >= 0.3 is 6.18 Å². The van der Waals surface area contributed by atoms with Gasteiger partial charge in [0.05, 0.1) is 6.54 Å². The molecule has 7 heteroatoms. The SMILES string of the molecule is Cn1cccc1C(=O)NCC(O)C(F)(F)F. The third kappa shape index (κ3) is 2.99. The Morgan fingerprint density at radius 3 is 2.69 bits per heavy atom. The Bertz CT molecular complexity index is 373. The molecule has 0 aromatic carbocycles. The zero-order valence-corrected chi connectivity index (χ0v) is 8.45. The van der Waals surface area contributed by atoms with Crippen LogP contribution in [0.4, 0.5) is 13.2 Å². The number of alkyl halides is 3. The molecule has 1 amide bonds. The molecule has 2 N–H and O–H groups in total. The largest absolute Gasteiger partial charge is 0.416 e. The van der Waals surface area contributed by atoms with Crippen molar-refractivity contribution in [3.63, 3.8) is 0 Å². The molecule has 0 fully saturated rings. The summed E-state index contributed by atoms with van der Waals surface area (Å²) in [4.78, 5) is 11.3. The molecule has 1 heterocycles. The predicted octanol–water partition coefficient (Wildman–Crippen LogP) is 0.678. The number of hydrogen-bond donors (Lipinski definition) is 2. The molecule has 1 unspecified atom stereocenters. The van der Waals surface area contributed by atoms with Gasteiger partial charge < -0.3 is 15.0 Å². The summed E-state index contributed by atoms with van der Waals surface area (Å²) in [6, 6.07) is 3.06. The van der Waals surface area contributed by atoms with Gasteiger partial charge in [-0.25, -0.2) is 0 Å². The Morgan fingerprint density at radius 1 is 1.62 bits per heavy atom. The summed E-state index contributed by atoms with van der Waals surface area (Å²) < 4.78 is 37.2. The summed E-state index contributed by atoms with van der Waals surface area (Å²) in [7, 11) is 1.59. The van der Waals surface area contributed by atoms with Crippen molar-refractivity contribution in [2.24, 2.45) is 7.05 Å². The van der Waals surface area contributed by atoms with E-state index in [1.54, 1.807) is 19.3 Å². The van der Waals surface area contributed by atoms with Crippen LogP contribution >= 0.6 is 0 Å². The Balaban J connectivity index is 2.52. The fourth-order valence-electron chi connectivity index (χ4n) is 1.09. The number of carbonyl (C=O) groups is 1. The summed E-state index contributed by atoms with van der Waals surface area (Å²) in [5.41, 5.74) is 0.231. The van der Waals surface area contributed by atoms with Crippen molar-refractivity contribution in [3.8, 4) is 0 Å². The average Bonchev–Trinajstić information content (AvgIpc) is 2.58. The first-order valence-corrected chi connectivity index (χ1v) is 4.46. The summed E-state index contributed by atoms with van der Waals surface area (Å²) in [6.45, 7) is -0.854. The van der Waals surface area contributed by atoms with Crippen molar-refractivity contribution >= 4 is 5.91 Å². The van der Waals surface area contributed by atoms with Gasteiger partial charge in [-0.05, 0) is 12.1 Å². The fraction of sp³-hybridized carbons (Fsp3) is 0.444. The number of carbonyl (C=O) groups excluding carboxylic acids is 1. The van der Waals surface area contributed by atoms with Crippen LogP contribution in [0.25, 0.3) is 0 Å². The van der Waals surface area contributed by atoms with Crippen molar-refractivity contribution in [1.29, 1.82) is 0 Å². The van der Waals surface area contributed by atoms with Gasteiger partial charge in [-0.15, -0.1) is 0 Å². The zero-order valence-electron chi connectivity index (χ0n) is 8.45. The molecule has 16 heavy (non-hydrogen) atoms. The highest BCUT2D eigenvalue weighted by Gasteiger charge is 2.38. The van der Waals surface area contributed by atoms with Crippen molar-refractivity contribution in [2.75, 3.05) is 6.54 Å². The number of rotatable bonds is 3. The zero-order chi connectivity index (χ0) is 12.3. The molecule has 0 radical (unpaired) electrons. The van der Waals surface area contributed by atoms with Gasteiger partial charge in [0, 0.05) is 13.2 Å². The molecule has 0 aliphatic rings. The van der Waals surface area contributed by atoms with Gasteiger partial charge in [0.2, 0.25) is 0 Å². The predicted molar refractivity (Wildman–Crippen MR) is 49.8 cm³/mol. The van der Waals surface area contributed by atoms with Crippen LogP contribution < -0.4 is 5.32 Å². The summed E-state index contributed by atoms with van der Waals surface area (Å²) in [5.74, 6) is -0.657. The molecule has 90 valence electrons. The van der Waals surface area contributed by atoms with Crippen LogP contribution in [-0.4, -0.2) is 34.4 Å². The van der Waals surface area contributed by atoms with E-state index in [1.807, 2.05) is 5.32 Å². The van der Waals surface area contributed by atoms with Crippen molar-refractivity contribution < 1.29 is 23.1 Å². The topological polar surface area (TPSA) is 54.3 Å². The number of nitrogens with zero attached hydrogens (tertiary/aromatic N) is 1. The highest BCUT2D eigenvalue weighted by molar-refractivity contribution is 5.92. The maximum Gasteiger partial charge on any atom is 0.416 e. The molecule has 1 aromatic heterocycles. The molecule has 0 aliphatic carbocycles. The Labute approximate surface area is 89.7 Å². The maximum absolute atomic E-state index is 11.9. The number of aliphatic hydroxyl groups is 1. The number of aliphatic hydroxyl groups excluding tert-OH is 1. The quantitative estimate of drug-likeness (QED) is 0.810. The van der Waals surface area contributed by atoms with E-state index in [0.29, 0.717) is 0 Å². The fourth-order valence-corrected chi connectivity index (χ4v) is 1.09. The van der Waals surface area contributed by atoms with Crippen molar-refractivity contribution in [3.05, 3.63) is 24.0 Å². The summed E-state index contributed by atoms with van der Waals surface area (Å²) in [5, 5.41) is 10.7. The van der Waals surface area contributed by atoms with Gasteiger partial charge in [-0.1, -0.05) is 0 Å². The molecule has 0 aliphatic heterocycles. The van der Waals surface area contributed by atoms with E-state index in [1.165, 1.54) is 10.6 Å². The minimum Gasteiger partial charge on any atom is -0.382 e. The van der Waals surface area contributed by atoms with Gasteiger partial charge in [0.15, 0.2) is 6.10 Å². The molecular formula is C9H11F3N2O2. The number of nitrogens with one attached hydrogen (secondary N) is 1. The van der Waals surface area contributed by atoms with Crippen molar-refractivity contribution in [1.82, 2.24) is 9.88 Å². The summed E-state index contributed by atoms with van der Waals surface area (Å²) in [6.07, 6.45) is -5.67. The number of aromatic nitrogens is 1. The first-order chi connectivity index (χ1) is 7.32. The molecule has 1 atom stereocenters. The minimum atomic E-state index is -4.72. The summed E-state index contributed by atoms with van der Waals surface area (Å²) >= 11 is 0. The normalized spacial score (nSPS) is 13.6. The number of halogens is 3. The smallest absolute Gasteiger partial charge is 0.382 e. The Morgan fingerprint density at radius 2 is 2.25 bits per heavy atom. The van der Waals surface area contributed by atoms with E-state index < -0.39 is 24.7 Å². The van der Waals surface area contributed by atoms with E-state index in [0.717, 1.165) is 0 Å². The Kier molecular flexibility index (Phi) is 3.58. The van der Waals surface area contributed by atoms with E-state index in [4.69, 9.17) is 5.11 Å². The van der Waals surface area contributed by atoms with Gasteiger partial charge in [-0.3, -0.25) is 4.79 Å². The van der Waals surface area contributed by atoms with Crippen LogP contribution in [0.5, 0.6) is 0 Å². The monoisotopic (exact) mass is 236 g/mol. The highest BCUT2D eigenvalue weighted by atomic mass is 19.4. The molecule has 0 saturated heterocycles. The second kappa shape index (κ2) is 4.56. The number of amides is 1. The molecule has 4 nitrogen and oxygen atoms in total. The van der Waals surface area contributed by atoms with E-state index in [-0.39, 0.29) is 5.69 Å². The lowest BCUT2D eigenvalue weighted by Crippen LogP contribution is -2.41. The van der Waals surface area contributed by atoms with Gasteiger partial charge in [0.1, 0.15) is 5.69 Å². The highest BCUT2D eigenvalue weighted by Crippen LogP contribution is 2.19. The molecular weight excluding hydrogens is 225 g/mol. The molecule has 0 bridgehead atoms. The van der Waals surface area contributed by atoms with Crippen LogP contribution in [0.3, 0.4) is 0 Å². The lowest BCUT2D eigenvalue weighted by Gasteiger charge is -2.15. The standard InChI is InChI=1S/C9H11F3N2O2/c1-14-4-2-3-6(14)8(16)13-5-7(15)9(10,11)12/h2-4,7,15H,5H2,1H3,(H,13,16). The third-order valence-electron chi connectivity index (χ3n) is 2.01. The molecule has 1 aromatic rings.